The molecule has 212 valence electrons. The summed E-state index contributed by atoms with van der Waals surface area (Å²) in [6.45, 7) is 2.36. The number of rotatable bonds is 9. The van der Waals surface area contributed by atoms with Crippen LogP contribution in [-0.2, 0) is 25.5 Å². The Morgan fingerprint density at radius 2 is 1.61 bits per heavy atom. The zero-order valence-corrected chi connectivity index (χ0v) is 24.0. The number of anilines is 1. The Kier molecular flexibility index (Phi) is 10.2. The lowest BCUT2D eigenvalue weighted by molar-refractivity contribution is -0.129. The minimum Gasteiger partial charge on any atom is -0.465 e. The molecule has 9 nitrogen and oxygen atoms in total. The fourth-order valence-electron chi connectivity index (χ4n) is 3.98. The number of amidine groups is 1. The van der Waals surface area contributed by atoms with Gasteiger partial charge >= 0.3 is 11.9 Å². The summed E-state index contributed by atoms with van der Waals surface area (Å²) in [4.78, 5) is 56.5. The van der Waals surface area contributed by atoms with Crippen LogP contribution in [0.4, 0.5) is 11.4 Å². The third-order valence-corrected chi connectivity index (χ3v) is 7.59. The quantitative estimate of drug-likeness (QED) is 0.326. The molecule has 4 rings (SSSR count). The molecule has 0 aromatic heterocycles. The first kappa shape index (κ1) is 29.8. The summed E-state index contributed by atoms with van der Waals surface area (Å²) in [6.07, 6.45) is 0.547. The molecule has 1 aliphatic heterocycles. The van der Waals surface area contributed by atoms with Gasteiger partial charge in [0.25, 0.3) is 0 Å². The number of hydrogen-bond donors (Lipinski definition) is 1. The van der Waals surface area contributed by atoms with Crippen LogP contribution in [0.1, 0.15) is 39.6 Å². The van der Waals surface area contributed by atoms with Crippen LogP contribution in [0.15, 0.2) is 77.8 Å². The van der Waals surface area contributed by atoms with Crippen molar-refractivity contribution in [2.45, 2.75) is 25.0 Å². The Morgan fingerprint density at radius 3 is 2.24 bits per heavy atom. The fourth-order valence-corrected chi connectivity index (χ4v) is 5.23. The average molecular weight is 594 g/mol. The molecule has 3 aromatic carbocycles. The first-order chi connectivity index (χ1) is 19.8. The van der Waals surface area contributed by atoms with E-state index < -0.39 is 17.2 Å². The van der Waals surface area contributed by atoms with Crippen molar-refractivity contribution >= 4 is 63.7 Å². The van der Waals surface area contributed by atoms with Crippen LogP contribution in [0.25, 0.3) is 0 Å². The summed E-state index contributed by atoms with van der Waals surface area (Å²) in [5.74, 6) is -1.52. The monoisotopic (exact) mass is 593 g/mol. The smallest absolute Gasteiger partial charge is 0.338 e. The Morgan fingerprint density at radius 1 is 0.976 bits per heavy atom. The van der Waals surface area contributed by atoms with E-state index in [4.69, 9.17) is 21.1 Å². The maximum Gasteiger partial charge on any atom is 0.338 e. The number of thioether (sulfide) groups is 1. The number of hydrogen-bond acceptors (Lipinski definition) is 8. The van der Waals surface area contributed by atoms with Crippen LogP contribution < -0.4 is 5.32 Å². The van der Waals surface area contributed by atoms with Crippen LogP contribution in [0, 0.1) is 0 Å². The lowest BCUT2D eigenvalue weighted by atomic mass is 10.1. The van der Waals surface area contributed by atoms with Gasteiger partial charge in [-0.2, -0.15) is 0 Å². The maximum absolute atomic E-state index is 13.3. The predicted octanol–water partition coefficient (Wildman–Crippen LogP) is 5.51. The molecule has 1 heterocycles. The molecule has 11 heteroatoms. The second-order valence-electron chi connectivity index (χ2n) is 8.95. The third-order valence-electron chi connectivity index (χ3n) is 6.15. The molecule has 41 heavy (non-hydrogen) atoms. The molecular formula is C30H28ClN3O6S. The number of aliphatic imine (C=N–C) groups is 1. The highest BCUT2D eigenvalue weighted by atomic mass is 35.5. The summed E-state index contributed by atoms with van der Waals surface area (Å²) >= 11 is 7.19. The van der Waals surface area contributed by atoms with E-state index in [2.05, 4.69) is 10.3 Å². The molecule has 1 saturated heterocycles. The zero-order valence-electron chi connectivity index (χ0n) is 22.5. The van der Waals surface area contributed by atoms with Crippen LogP contribution in [0.5, 0.6) is 0 Å². The van der Waals surface area contributed by atoms with Gasteiger partial charge in [-0.1, -0.05) is 35.5 Å². The summed E-state index contributed by atoms with van der Waals surface area (Å²) in [5.41, 5.74) is 2.74. The summed E-state index contributed by atoms with van der Waals surface area (Å²) in [7, 11) is 1.29. The van der Waals surface area contributed by atoms with E-state index in [-0.39, 0.29) is 24.8 Å². The van der Waals surface area contributed by atoms with Gasteiger partial charge in [0.2, 0.25) is 11.8 Å². The van der Waals surface area contributed by atoms with Crippen molar-refractivity contribution in [2.75, 3.05) is 25.6 Å². The number of methoxy groups -OCH3 is 1. The van der Waals surface area contributed by atoms with Gasteiger partial charge in [-0.3, -0.25) is 14.5 Å². The average Bonchev–Trinajstić information content (AvgIpc) is 2.98. The number of carbonyl (C=O) groups is 4. The van der Waals surface area contributed by atoms with Crippen LogP contribution in [0.3, 0.4) is 0 Å². The van der Waals surface area contributed by atoms with Crippen molar-refractivity contribution in [3.05, 3.63) is 94.5 Å². The van der Waals surface area contributed by atoms with E-state index in [0.29, 0.717) is 45.7 Å². The molecule has 0 aliphatic carbocycles. The minimum atomic E-state index is -0.730. The Hall–Kier alpha value is -4.15. The molecule has 0 spiro atoms. The molecule has 1 atom stereocenters. The number of carbonyl (C=O) groups excluding carboxylic acids is 4. The largest absolute Gasteiger partial charge is 0.465 e. The third kappa shape index (κ3) is 7.96. The van der Waals surface area contributed by atoms with E-state index in [0.717, 1.165) is 5.56 Å². The molecular weight excluding hydrogens is 566 g/mol. The Balaban J connectivity index is 1.54. The van der Waals surface area contributed by atoms with E-state index in [9.17, 15) is 19.2 Å². The predicted molar refractivity (Wildman–Crippen MR) is 159 cm³/mol. The van der Waals surface area contributed by atoms with E-state index >= 15 is 0 Å². The summed E-state index contributed by atoms with van der Waals surface area (Å²) in [6, 6.07) is 20.2. The van der Waals surface area contributed by atoms with Crippen molar-refractivity contribution in [1.82, 2.24) is 4.90 Å². The molecule has 0 bridgehead atoms. The van der Waals surface area contributed by atoms with E-state index in [1.165, 1.54) is 18.9 Å². The number of amides is 2. The van der Waals surface area contributed by atoms with Crippen LogP contribution >= 0.6 is 23.4 Å². The Bertz CT molecular complexity index is 1440. The lowest BCUT2D eigenvalue weighted by Crippen LogP contribution is -2.46. The highest BCUT2D eigenvalue weighted by molar-refractivity contribution is 8.15. The number of nitrogens with one attached hydrogen (secondary N) is 1. The van der Waals surface area contributed by atoms with Crippen molar-refractivity contribution in [3.8, 4) is 0 Å². The standard InChI is InChI=1S/C30H28ClN3O6S/c1-3-40-29(38)21-8-14-24(15-9-21)33-30-34(17-16-19-4-10-22(31)11-5-19)26(35)18-25(41-30)27(36)32-23-12-6-20(7-13-23)28(37)39-2/h4-15,25H,3,16-18H2,1-2H3,(H,32,36). The van der Waals surface area contributed by atoms with Gasteiger partial charge < -0.3 is 14.8 Å². The molecule has 0 radical (unpaired) electrons. The molecule has 1 fully saturated rings. The number of nitrogens with zero attached hydrogens (tertiary/aromatic N) is 2. The van der Waals surface area contributed by atoms with Gasteiger partial charge in [-0.05, 0) is 79.6 Å². The molecule has 0 saturated carbocycles. The molecule has 2 amide bonds. The van der Waals surface area contributed by atoms with Crippen LogP contribution in [-0.4, -0.2) is 59.3 Å². The normalized spacial score (nSPS) is 15.9. The number of benzene rings is 3. The number of halogens is 1. The fraction of sp³-hybridized carbons (Fsp3) is 0.233. The summed E-state index contributed by atoms with van der Waals surface area (Å²) in [5, 5.41) is 3.08. The van der Waals surface area contributed by atoms with Gasteiger partial charge in [-0.15, -0.1) is 0 Å². The van der Waals surface area contributed by atoms with Gasteiger partial charge in [-0.25, -0.2) is 14.6 Å². The van der Waals surface area contributed by atoms with Crippen molar-refractivity contribution in [3.63, 3.8) is 0 Å². The highest BCUT2D eigenvalue weighted by Gasteiger charge is 2.36. The van der Waals surface area contributed by atoms with Gasteiger partial charge in [0.1, 0.15) is 5.25 Å². The molecule has 1 N–H and O–H groups in total. The number of ether oxygens (including phenoxy) is 2. The second kappa shape index (κ2) is 14.0. The summed E-state index contributed by atoms with van der Waals surface area (Å²) < 4.78 is 9.74. The van der Waals surface area contributed by atoms with Gasteiger partial charge in [0, 0.05) is 23.7 Å². The zero-order chi connectivity index (χ0) is 29.4. The minimum absolute atomic E-state index is 0.0157. The Labute approximate surface area is 246 Å². The highest BCUT2D eigenvalue weighted by Crippen LogP contribution is 2.30. The SMILES string of the molecule is CCOC(=O)c1ccc(N=C2SC(C(=O)Nc3ccc(C(=O)OC)cc3)CC(=O)N2CCc2ccc(Cl)cc2)cc1. The molecule has 1 aliphatic rings. The van der Waals surface area contributed by atoms with Crippen LogP contribution in [0.2, 0.25) is 5.02 Å². The van der Waals surface area contributed by atoms with E-state index in [1.54, 1.807) is 72.5 Å². The van der Waals surface area contributed by atoms with Crippen molar-refractivity contribution in [2.24, 2.45) is 4.99 Å². The molecule has 3 aromatic rings. The lowest BCUT2D eigenvalue weighted by Gasteiger charge is -2.32. The van der Waals surface area contributed by atoms with Crippen molar-refractivity contribution in [1.29, 1.82) is 0 Å². The number of esters is 2. The van der Waals surface area contributed by atoms with Gasteiger partial charge in [0.15, 0.2) is 5.17 Å². The molecule has 1 unspecified atom stereocenters. The van der Waals surface area contributed by atoms with E-state index in [1.807, 2.05) is 12.1 Å². The maximum atomic E-state index is 13.3. The van der Waals surface area contributed by atoms with Crippen molar-refractivity contribution < 1.29 is 28.7 Å². The van der Waals surface area contributed by atoms with Gasteiger partial charge in [0.05, 0.1) is 30.5 Å². The topological polar surface area (TPSA) is 114 Å². The first-order valence-electron chi connectivity index (χ1n) is 12.8. The second-order valence-corrected chi connectivity index (χ2v) is 10.6. The first-order valence-corrected chi connectivity index (χ1v) is 14.1.